The second-order valence-electron chi connectivity index (χ2n) is 8.13. The van der Waals surface area contributed by atoms with E-state index in [1.807, 2.05) is 51.1 Å². The van der Waals surface area contributed by atoms with Crippen LogP contribution in [0.5, 0.6) is 5.75 Å². The lowest BCUT2D eigenvalue weighted by molar-refractivity contribution is 0.0720. The van der Waals surface area contributed by atoms with Gasteiger partial charge in [-0.3, -0.25) is 9.36 Å². The Morgan fingerprint density at radius 2 is 2.03 bits per heavy atom. The first-order valence-corrected chi connectivity index (χ1v) is 11.8. The van der Waals surface area contributed by atoms with E-state index in [1.165, 1.54) is 0 Å². The van der Waals surface area contributed by atoms with Crippen molar-refractivity contribution in [1.82, 2.24) is 14.5 Å². The minimum atomic E-state index is -0.136. The van der Waals surface area contributed by atoms with E-state index in [2.05, 4.69) is 15.2 Å². The molecule has 0 amide bonds. The number of nitrogens with zero attached hydrogens (tertiary/aromatic N) is 4. The number of rotatable bonds is 8. The van der Waals surface area contributed by atoms with Crippen LogP contribution in [-0.2, 0) is 11.3 Å². The molecular weight excluding hydrogens is 454 g/mol. The van der Waals surface area contributed by atoms with Crippen molar-refractivity contribution in [3.8, 4) is 17.1 Å². The van der Waals surface area contributed by atoms with Gasteiger partial charge in [-0.1, -0.05) is 17.7 Å². The molecule has 1 N–H and O–H groups in total. The molecular formula is C25H30ClN5O3. The first-order chi connectivity index (χ1) is 16.5. The molecule has 0 saturated carbocycles. The van der Waals surface area contributed by atoms with Gasteiger partial charge in [0.2, 0.25) is 0 Å². The van der Waals surface area contributed by atoms with Gasteiger partial charge in [0.05, 0.1) is 30.0 Å². The number of methoxy groups -OCH3 is 1. The first kappa shape index (κ1) is 24.0. The third-order valence-corrected chi connectivity index (χ3v) is 6.35. The largest absolute Gasteiger partial charge is 0.497 e. The molecule has 2 unspecified atom stereocenters. The molecule has 34 heavy (non-hydrogen) atoms. The summed E-state index contributed by atoms with van der Waals surface area (Å²) in [4.78, 5) is 25.0. The average molecular weight is 484 g/mol. The van der Waals surface area contributed by atoms with E-state index in [4.69, 9.17) is 26.1 Å². The summed E-state index contributed by atoms with van der Waals surface area (Å²) in [6.07, 6.45) is 1.69. The van der Waals surface area contributed by atoms with Gasteiger partial charge in [0.15, 0.2) is 0 Å². The monoisotopic (exact) mass is 483 g/mol. The van der Waals surface area contributed by atoms with Gasteiger partial charge in [-0.2, -0.15) is 0 Å². The summed E-state index contributed by atoms with van der Waals surface area (Å²) < 4.78 is 12.9. The molecule has 1 fully saturated rings. The summed E-state index contributed by atoms with van der Waals surface area (Å²) in [6.45, 7) is 8.14. The van der Waals surface area contributed by atoms with Crippen LogP contribution in [0.25, 0.3) is 11.4 Å². The van der Waals surface area contributed by atoms with Gasteiger partial charge in [-0.05, 0) is 51.1 Å². The molecule has 8 nitrogen and oxygen atoms in total. The van der Waals surface area contributed by atoms with E-state index in [9.17, 15) is 4.79 Å². The summed E-state index contributed by atoms with van der Waals surface area (Å²) in [5, 5.41) is 3.93. The number of hydrogen-bond donors (Lipinski definition) is 1. The molecule has 3 heterocycles. The lowest BCUT2D eigenvalue weighted by Gasteiger charge is -2.22. The van der Waals surface area contributed by atoms with Crippen molar-refractivity contribution < 1.29 is 9.47 Å². The van der Waals surface area contributed by atoms with E-state index >= 15 is 0 Å². The van der Waals surface area contributed by atoms with Crippen LogP contribution >= 0.6 is 11.6 Å². The van der Waals surface area contributed by atoms with Crippen LogP contribution in [0, 0.1) is 6.92 Å². The Morgan fingerprint density at radius 3 is 2.68 bits per heavy atom. The molecule has 0 spiro atoms. The second kappa shape index (κ2) is 10.4. The molecule has 1 saturated heterocycles. The number of halogens is 1. The molecule has 0 aliphatic carbocycles. The molecule has 180 valence electrons. The molecule has 9 heteroatoms. The summed E-state index contributed by atoms with van der Waals surface area (Å²) in [6, 6.07) is 11.1. The minimum Gasteiger partial charge on any atom is -0.497 e. The molecule has 0 bridgehead atoms. The zero-order valence-electron chi connectivity index (χ0n) is 19.9. The van der Waals surface area contributed by atoms with E-state index in [1.54, 1.807) is 23.9 Å². The zero-order valence-corrected chi connectivity index (χ0v) is 20.7. The molecule has 4 rings (SSSR count). The standard InChI is InChI=1S/C25H30ClN5O3/c1-5-31-24(18-11-10-17(33-4)13-19(18)26)28-16(3)23(25(31)32)29-20-14-30(15-21(20)34-6-2)22-9-7-8-12-27-22/h7-13,20-21,29H,5-6,14-15H2,1-4H3. The number of aromatic nitrogens is 3. The first-order valence-electron chi connectivity index (χ1n) is 11.5. The smallest absolute Gasteiger partial charge is 0.277 e. The lowest BCUT2D eigenvalue weighted by atomic mass is 10.1. The highest BCUT2D eigenvalue weighted by atomic mass is 35.5. The van der Waals surface area contributed by atoms with Crippen molar-refractivity contribution in [2.24, 2.45) is 0 Å². The Morgan fingerprint density at radius 1 is 1.21 bits per heavy atom. The molecule has 1 aliphatic rings. The van der Waals surface area contributed by atoms with Gasteiger partial charge in [-0.25, -0.2) is 9.97 Å². The number of benzene rings is 1. The van der Waals surface area contributed by atoms with Crippen LogP contribution in [0.3, 0.4) is 0 Å². The number of hydrogen-bond acceptors (Lipinski definition) is 7. The Balaban J connectivity index is 1.67. The van der Waals surface area contributed by atoms with E-state index in [-0.39, 0.29) is 17.7 Å². The summed E-state index contributed by atoms with van der Waals surface area (Å²) >= 11 is 6.50. The maximum atomic E-state index is 13.6. The molecule has 1 aliphatic heterocycles. The van der Waals surface area contributed by atoms with Gasteiger partial charge in [0.1, 0.15) is 23.1 Å². The second-order valence-corrected chi connectivity index (χ2v) is 8.54. The number of pyridine rings is 1. The highest BCUT2D eigenvalue weighted by molar-refractivity contribution is 6.33. The number of aryl methyl sites for hydroxylation is 1. The third-order valence-electron chi connectivity index (χ3n) is 6.03. The fourth-order valence-corrected chi connectivity index (χ4v) is 4.59. The van der Waals surface area contributed by atoms with Crippen molar-refractivity contribution in [2.45, 2.75) is 39.5 Å². The Kier molecular flexibility index (Phi) is 7.38. The van der Waals surface area contributed by atoms with Crippen molar-refractivity contribution in [2.75, 3.05) is 37.0 Å². The van der Waals surface area contributed by atoms with Crippen LogP contribution in [0.2, 0.25) is 5.02 Å². The predicted octanol–water partition coefficient (Wildman–Crippen LogP) is 4.00. The lowest BCUT2D eigenvalue weighted by Crippen LogP contribution is -2.38. The summed E-state index contributed by atoms with van der Waals surface area (Å²) in [7, 11) is 1.59. The van der Waals surface area contributed by atoms with Gasteiger partial charge in [0, 0.05) is 38.0 Å². The van der Waals surface area contributed by atoms with Crippen LogP contribution in [0.15, 0.2) is 47.4 Å². The highest BCUT2D eigenvalue weighted by Gasteiger charge is 2.35. The van der Waals surface area contributed by atoms with Crippen LogP contribution in [0.4, 0.5) is 11.5 Å². The molecule has 2 aromatic heterocycles. The van der Waals surface area contributed by atoms with Gasteiger partial charge < -0.3 is 19.7 Å². The van der Waals surface area contributed by atoms with Gasteiger partial charge in [-0.15, -0.1) is 0 Å². The summed E-state index contributed by atoms with van der Waals surface area (Å²) in [5.41, 5.74) is 1.64. The number of anilines is 2. The Labute approximate surface area is 204 Å². The zero-order chi connectivity index (χ0) is 24.2. The van der Waals surface area contributed by atoms with Crippen molar-refractivity contribution in [1.29, 1.82) is 0 Å². The van der Waals surface area contributed by atoms with Gasteiger partial charge in [0.25, 0.3) is 5.56 Å². The van der Waals surface area contributed by atoms with Crippen molar-refractivity contribution >= 4 is 23.1 Å². The fraction of sp³-hybridized carbons (Fsp3) is 0.400. The Hall–Kier alpha value is -3.10. The number of ether oxygens (including phenoxy) is 2. The Bertz CT molecular complexity index is 1200. The highest BCUT2D eigenvalue weighted by Crippen LogP contribution is 2.31. The van der Waals surface area contributed by atoms with E-state index in [0.29, 0.717) is 59.8 Å². The van der Waals surface area contributed by atoms with Crippen molar-refractivity contribution in [3.05, 3.63) is 63.7 Å². The maximum absolute atomic E-state index is 13.6. The predicted molar refractivity (Wildman–Crippen MR) is 135 cm³/mol. The normalized spacial score (nSPS) is 17.7. The van der Waals surface area contributed by atoms with Crippen LogP contribution < -0.4 is 20.5 Å². The molecule has 3 aromatic rings. The maximum Gasteiger partial charge on any atom is 0.277 e. The molecule has 0 radical (unpaired) electrons. The topological polar surface area (TPSA) is 81.5 Å². The van der Waals surface area contributed by atoms with Crippen LogP contribution in [0.1, 0.15) is 19.5 Å². The van der Waals surface area contributed by atoms with Crippen molar-refractivity contribution in [3.63, 3.8) is 0 Å². The fourth-order valence-electron chi connectivity index (χ4n) is 4.34. The molecule has 1 aromatic carbocycles. The number of nitrogens with one attached hydrogen (secondary N) is 1. The SMILES string of the molecule is CCOC1CN(c2ccccn2)CC1Nc1c(C)nc(-c2ccc(OC)cc2Cl)n(CC)c1=O. The van der Waals surface area contributed by atoms with E-state index < -0.39 is 0 Å². The third kappa shape index (κ3) is 4.74. The average Bonchev–Trinajstić information content (AvgIpc) is 3.24. The van der Waals surface area contributed by atoms with Gasteiger partial charge >= 0.3 is 0 Å². The quantitative estimate of drug-likeness (QED) is 0.518. The summed E-state index contributed by atoms with van der Waals surface area (Å²) in [5.74, 6) is 2.07. The minimum absolute atomic E-state index is 0.0865. The van der Waals surface area contributed by atoms with E-state index in [0.717, 1.165) is 5.82 Å². The van der Waals surface area contributed by atoms with Crippen LogP contribution in [-0.4, -0.2) is 53.5 Å². The molecule has 2 atom stereocenters.